The lowest BCUT2D eigenvalue weighted by Gasteiger charge is -2.26. The predicted octanol–water partition coefficient (Wildman–Crippen LogP) is 3.68. The zero-order valence-electron chi connectivity index (χ0n) is 13.9. The van der Waals surface area contributed by atoms with Crippen molar-refractivity contribution >= 4 is 5.69 Å². The summed E-state index contributed by atoms with van der Waals surface area (Å²) in [5.74, 6) is 0.703. The average molecular weight is 285 g/mol. The van der Waals surface area contributed by atoms with Crippen LogP contribution in [0.4, 0.5) is 5.69 Å². The molecule has 0 aromatic heterocycles. The highest BCUT2D eigenvalue weighted by Crippen LogP contribution is 2.31. The lowest BCUT2D eigenvalue weighted by molar-refractivity contribution is 0.424. The Kier molecular flexibility index (Phi) is 4.58. The van der Waals surface area contributed by atoms with E-state index in [1.807, 2.05) is 6.07 Å². The first-order valence-electron chi connectivity index (χ1n) is 7.85. The van der Waals surface area contributed by atoms with E-state index in [2.05, 4.69) is 63.0 Å². The molecule has 0 bridgehead atoms. The highest BCUT2D eigenvalue weighted by molar-refractivity contribution is 5.61. The summed E-state index contributed by atoms with van der Waals surface area (Å²) in [6.07, 6.45) is 1.21. The molecule has 1 saturated heterocycles. The smallest absolute Gasteiger partial charge is 0.101 e. The number of nitriles is 1. The van der Waals surface area contributed by atoms with E-state index >= 15 is 0 Å². The molecule has 1 aliphatic rings. The first kappa shape index (κ1) is 15.9. The van der Waals surface area contributed by atoms with Gasteiger partial charge in [-0.05, 0) is 57.7 Å². The molecule has 21 heavy (non-hydrogen) atoms. The number of rotatable bonds is 3. The molecule has 1 N–H and O–H groups in total. The molecule has 114 valence electrons. The van der Waals surface area contributed by atoms with Gasteiger partial charge in [-0.15, -0.1) is 0 Å². The standard InChI is InChI=1S/C18H27N3/c1-13-8-14(2)21(12-13)17-7-6-15(9-16(17)10-19)11-20-18(3,4)5/h6-7,9,13-14,20H,8,11-12H2,1-5H3. The first-order chi connectivity index (χ1) is 9.80. The molecule has 0 aliphatic carbocycles. The van der Waals surface area contributed by atoms with Gasteiger partial charge in [0.25, 0.3) is 0 Å². The number of nitrogens with one attached hydrogen (secondary N) is 1. The lowest BCUT2D eigenvalue weighted by Crippen LogP contribution is -2.35. The van der Waals surface area contributed by atoms with Crippen LogP contribution in [-0.4, -0.2) is 18.1 Å². The Labute approximate surface area is 129 Å². The second-order valence-corrected chi connectivity index (χ2v) is 7.41. The maximum atomic E-state index is 9.49. The van der Waals surface area contributed by atoms with E-state index in [0.717, 1.165) is 24.3 Å². The monoisotopic (exact) mass is 285 g/mol. The summed E-state index contributed by atoms with van der Waals surface area (Å²) in [5, 5.41) is 13.0. The molecule has 1 aliphatic heterocycles. The third kappa shape index (κ3) is 3.98. The van der Waals surface area contributed by atoms with Gasteiger partial charge in [0.1, 0.15) is 6.07 Å². The van der Waals surface area contributed by atoms with Crippen molar-refractivity contribution in [2.24, 2.45) is 5.92 Å². The van der Waals surface area contributed by atoms with Gasteiger partial charge in [0, 0.05) is 24.7 Å². The minimum atomic E-state index is 0.0877. The molecule has 1 heterocycles. The van der Waals surface area contributed by atoms with Crippen molar-refractivity contribution in [3.63, 3.8) is 0 Å². The fourth-order valence-electron chi connectivity index (χ4n) is 3.04. The Balaban J connectivity index is 2.19. The van der Waals surface area contributed by atoms with Gasteiger partial charge in [0.05, 0.1) is 11.3 Å². The van der Waals surface area contributed by atoms with E-state index in [1.165, 1.54) is 12.0 Å². The highest BCUT2D eigenvalue weighted by atomic mass is 15.2. The first-order valence-corrected chi connectivity index (χ1v) is 7.85. The minimum Gasteiger partial charge on any atom is -0.367 e. The number of anilines is 1. The van der Waals surface area contributed by atoms with Gasteiger partial charge in [0.15, 0.2) is 0 Å². The Morgan fingerprint density at radius 1 is 1.33 bits per heavy atom. The van der Waals surface area contributed by atoms with Crippen molar-refractivity contribution in [3.05, 3.63) is 29.3 Å². The fourth-order valence-corrected chi connectivity index (χ4v) is 3.04. The number of hydrogen-bond acceptors (Lipinski definition) is 3. The van der Waals surface area contributed by atoms with Crippen LogP contribution < -0.4 is 10.2 Å². The van der Waals surface area contributed by atoms with Gasteiger partial charge in [-0.1, -0.05) is 13.0 Å². The Hall–Kier alpha value is -1.53. The number of hydrogen-bond donors (Lipinski definition) is 1. The molecular formula is C18H27N3. The fraction of sp³-hybridized carbons (Fsp3) is 0.611. The van der Waals surface area contributed by atoms with Crippen molar-refractivity contribution < 1.29 is 0 Å². The summed E-state index contributed by atoms with van der Waals surface area (Å²) >= 11 is 0. The van der Waals surface area contributed by atoms with Crippen molar-refractivity contribution in [2.75, 3.05) is 11.4 Å². The van der Waals surface area contributed by atoms with Crippen molar-refractivity contribution in [1.29, 1.82) is 5.26 Å². The van der Waals surface area contributed by atoms with Crippen molar-refractivity contribution in [2.45, 2.75) is 59.2 Å². The van der Waals surface area contributed by atoms with Gasteiger partial charge >= 0.3 is 0 Å². The summed E-state index contributed by atoms with van der Waals surface area (Å²) in [7, 11) is 0. The van der Waals surface area contributed by atoms with E-state index in [0.29, 0.717) is 12.0 Å². The zero-order chi connectivity index (χ0) is 15.6. The summed E-state index contributed by atoms with van der Waals surface area (Å²) in [6.45, 7) is 12.8. The van der Waals surface area contributed by atoms with Crippen LogP contribution in [0.2, 0.25) is 0 Å². The molecule has 0 saturated carbocycles. The largest absolute Gasteiger partial charge is 0.367 e. The van der Waals surface area contributed by atoms with E-state index in [1.54, 1.807) is 0 Å². The molecule has 3 heteroatoms. The third-order valence-corrected chi connectivity index (χ3v) is 4.10. The summed E-state index contributed by atoms with van der Waals surface area (Å²) in [5.41, 5.74) is 3.15. The molecule has 2 rings (SSSR count). The Morgan fingerprint density at radius 3 is 2.57 bits per heavy atom. The van der Waals surface area contributed by atoms with Gasteiger partial charge in [-0.3, -0.25) is 0 Å². The Morgan fingerprint density at radius 2 is 2.05 bits per heavy atom. The molecule has 0 radical (unpaired) electrons. The maximum Gasteiger partial charge on any atom is 0.101 e. The molecule has 3 nitrogen and oxygen atoms in total. The van der Waals surface area contributed by atoms with Crippen molar-refractivity contribution in [3.8, 4) is 6.07 Å². The summed E-state index contributed by atoms with van der Waals surface area (Å²) < 4.78 is 0. The predicted molar refractivity (Wildman–Crippen MR) is 88.3 cm³/mol. The second kappa shape index (κ2) is 6.07. The van der Waals surface area contributed by atoms with E-state index in [4.69, 9.17) is 0 Å². The van der Waals surface area contributed by atoms with Crippen LogP contribution in [0.25, 0.3) is 0 Å². The molecule has 2 atom stereocenters. The van der Waals surface area contributed by atoms with Crippen LogP contribution in [-0.2, 0) is 6.54 Å². The molecule has 0 amide bonds. The van der Waals surface area contributed by atoms with Crippen LogP contribution in [0, 0.1) is 17.2 Å². The van der Waals surface area contributed by atoms with Gasteiger partial charge < -0.3 is 10.2 Å². The van der Waals surface area contributed by atoms with Crippen LogP contribution in [0.1, 0.15) is 52.2 Å². The van der Waals surface area contributed by atoms with Crippen molar-refractivity contribution in [1.82, 2.24) is 5.32 Å². The van der Waals surface area contributed by atoms with Crippen LogP contribution >= 0.6 is 0 Å². The molecule has 2 unspecified atom stereocenters. The van der Waals surface area contributed by atoms with Gasteiger partial charge in [-0.2, -0.15) is 5.26 Å². The molecule has 0 spiro atoms. The maximum absolute atomic E-state index is 9.49. The summed E-state index contributed by atoms with van der Waals surface area (Å²) in [6, 6.07) is 9.19. The van der Waals surface area contributed by atoms with E-state index < -0.39 is 0 Å². The molecule has 1 fully saturated rings. The second-order valence-electron chi connectivity index (χ2n) is 7.41. The van der Waals surface area contributed by atoms with Gasteiger partial charge in [0.2, 0.25) is 0 Å². The average Bonchev–Trinajstić information content (AvgIpc) is 2.74. The molecule has 1 aromatic carbocycles. The highest BCUT2D eigenvalue weighted by Gasteiger charge is 2.27. The van der Waals surface area contributed by atoms with Crippen LogP contribution in [0.5, 0.6) is 0 Å². The van der Waals surface area contributed by atoms with E-state index in [9.17, 15) is 5.26 Å². The SMILES string of the molecule is CC1CC(C)N(c2ccc(CNC(C)(C)C)cc2C#N)C1. The Bertz CT molecular complexity index is 536. The van der Waals surface area contributed by atoms with E-state index in [-0.39, 0.29) is 5.54 Å². The lowest BCUT2D eigenvalue weighted by atomic mass is 10.1. The normalized spacial score (nSPS) is 22.4. The quantitative estimate of drug-likeness (QED) is 0.920. The van der Waals surface area contributed by atoms with Gasteiger partial charge in [-0.25, -0.2) is 0 Å². The molecule has 1 aromatic rings. The minimum absolute atomic E-state index is 0.0877. The third-order valence-electron chi connectivity index (χ3n) is 4.10. The number of nitrogens with zero attached hydrogens (tertiary/aromatic N) is 2. The zero-order valence-corrected chi connectivity index (χ0v) is 13.9. The topological polar surface area (TPSA) is 39.1 Å². The van der Waals surface area contributed by atoms with Crippen LogP contribution in [0.3, 0.4) is 0 Å². The van der Waals surface area contributed by atoms with Crippen LogP contribution in [0.15, 0.2) is 18.2 Å². The molecular weight excluding hydrogens is 258 g/mol. The summed E-state index contributed by atoms with van der Waals surface area (Å²) in [4.78, 5) is 2.38. The number of benzene rings is 1.